The Morgan fingerprint density at radius 3 is 2.69 bits per heavy atom. The third-order valence-electron chi connectivity index (χ3n) is 5.35. The molecule has 0 aliphatic carbocycles. The second-order valence-corrected chi connectivity index (χ2v) is 8.77. The zero-order chi connectivity index (χ0) is 19.9. The van der Waals surface area contributed by atoms with Crippen LogP contribution in [0.3, 0.4) is 0 Å². The zero-order valence-electron chi connectivity index (χ0n) is 18.0. The van der Waals surface area contributed by atoms with Gasteiger partial charge in [-0.05, 0) is 45.2 Å². The Labute approximate surface area is 196 Å². The van der Waals surface area contributed by atoms with Gasteiger partial charge in [-0.1, -0.05) is 24.3 Å². The summed E-state index contributed by atoms with van der Waals surface area (Å²) in [4.78, 5) is 13.3. The number of benzene rings is 1. The Hall–Kier alpha value is -1.19. The van der Waals surface area contributed by atoms with Crippen molar-refractivity contribution >= 4 is 41.3 Å². The van der Waals surface area contributed by atoms with Crippen molar-refractivity contribution < 1.29 is 0 Å². The van der Waals surface area contributed by atoms with Gasteiger partial charge in [-0.3, -0.25) is 9.89 Å². The predicted molar refractivity (Wildman–Crippen MR) is 135 cm³/mol. The number of nitrogens with one attached hydrogen (secondary N) is 2. The molecule has 3 rings (SSSR count). The van der Waals surface area contributed by atoms with Crippen LogP contribution in [-0.2, 0) is 19.4 Å². The smallest absolute Gasteiger partial charge is 0.191 e. The van der Waals surface area contributed by atoms with Gasteiger partial charge in [-0.25, -0.2) is 4.98 Å². The summed E-state index contributed by atoms with van der Waals surface area (Å²) >= 11 is 1.79. The number of thiazole rings is 1. The van der Waals surface area contributed by atoms with Crippen LogP contribution >= 0.6 is 35.3 Å². The zero-order valence-corrected chi connectivity index (χ0v) is 21.1. The van der Waals surface area contributed by atoms with E-state index in [-0.39, 0.29) is 24.0 Å². The van der Waals surface area contributed by atoms with E-state index in [1.54, 1.807) is 11.3 Å². The molecule has 0 radical (unpaired) electrons. The van der Waals surface area contributed by atoms with Crippen LogP contribution in [0.15, 0.2) is 29.3 Å². The first-order chi connectivity index (χ1) is 13.6. The van der Waals surface area contributed by atoms with E-state index in [0.717, 1.165) is 57.2 Å². The molecule has 2 N–H and O–H groups in total. The molecule has 1 atom stereocenters. The second-order valence-electron chi connectivity index (χ2n) is 7.48. The maximum absolute atomic E-state index is 4.83. The fourth-order valence-corrected chi connectivity index (χ4v) is 4.44. The average molecular weight is 528 g/mol. The molecule has 0 fully saturated rings. The largest absolute Gasteiger partial charge is 0.357 e. The number of hydrogen-bond donors (Lipinski definition) is 2. The minimum atomic E-state index is 0. The average Bonchev–Trinajstić information content (AvgIpc) is 3.02. The summed E-state index contributed by atoms with van der Waals surface area (Å²) in [7, 11) is 0. The van der Waals surface area contributed by atoms with Gasteiger partial charge in [0, 0.05) is 43.5 Å². The third kappa shape index (κ3) is 6.93. The number of aliphatic imine (C=N–C) groups is 1. The molecule has 0 spiro atoms. The summed E-state index contributed by atoms with van der Waals surface area (Å²) in [5, 5.41) is 8.01. The number of halogens is 1. The Morgan fingerprint density at radius 2 is 2.00 bits per heavy atom. The minimum Gasteiger partial charge on any atom is -0.357 e. The molecule has 1 unspecified atom stereocenters. The van der Waals surface area contributed by atoms with Gasteiger partial charge in [0.05, 0.1) is 17.2 Å². The molecule has 7 heteroatoms. The second kappa shape index (κ2) is 11.9. The van der Waals surface area contributed by atoms with Gasteiger partial charge in [0.15, 0.2) is 5.96 Å². The molecule has 2 aromatic rings. The molecule has 1 aliphatic heterocycles. The lowest BCUT2D eigenvalue weighted by Crippen LogP contribution is -2.42. The molecule has 5 nitrogen and oxygen atoms in total. The molecule has 2 heterocycles. The molecule has 0 saturated carbocycles. The van der Waals surface area contributed by atoms with Gasteiger partial charge in [0.1, 0.15) is 0 Å². The lowest BCUT2D eigenvalue weighted by Gasteiger charge is -2.33. The SMILES string of the molecule is CCNC(=NCC(C)N1CCc2ccccc2C1)NCCc1nc(C)c(C)s1.I. The highest BCUT2D eigenvalue weighted by Crippen LogP contribution is 2.20. The Bertz CT molecular complexity index is 785. The van der Waals surface area contributed by atoms with Crippen molar-refractivity contribution in [1.29, 1.82) is 0 Å². The monoisotopic (exact) mass is 527 g/mol. The van der Waals surface area contributed by atoms with Crippen LogP contribution in [0.1, 0.15) is 40.6 Å². The number of guanidine groups is 1. The van der Waals surface area contributed by atoms with Crippen molar-refractivity contribution in [2.24, 2.45) is 4.99 Å². The Kier molecular flexibility index (Phi) is 9.85. The van der Waals surface area contributed by atoms with Crippen molar-refractivity contribution in [1.82, 2.24) is 20.5 Å². The first kappa shape index (κ1) is 24.1. The molecule has 0 amide bonds. The quantitative estimate of drug-likeness (QED) is 0.326. The number of aromatic nitrogens is 1. The van der Waals surface area contributed by atoms with E-state index in [0.29, 0.717) is 6.04 Å². The first-order valence-corrected chi connectivity index (χ1v) is 11.1. The molecular formula is C22H34IN5S. The van der Waals surface area contributed by atoms with Gasteiger partial charge >= 0.3 is 0 Å². The fraction of sp³-hybridized carbons (Fsp3) is 0.545. The fourth-order valence-electron chi connectivity index (χ4n) is 3.51. The number of aryl methyl sites for hydroxylation is 2. The molecule has 0 saturated heterocycles. The van der Waals surface area contributed by atoms with Gasteiger partial charge in [0.25, 0.3) is 0 Å². The molecule has 1 aromatic heterocycles. The number of fused-ring (bicyclic) bond motifs is 1. The van der Waals surface area contributed by atoms with Crippen molar-refractivity contribution in [2.45, 2.75) is 53.1 Å². The summed E-state index contributed by atoms with van der Waals surface area (Å²) in [5.74, 6) is 0.900. The van der Waals surface area contributed by atoms with Crippen LogP contribution in [0.2, 0.25) is 0 Å². The summed E-state index contributed by atoms with van der Waals surface area (Å²) in [6.45, 7) is 13.3. The van der Waals surface area contributed by atoms with Crippen LogP contribution in [0.25, 0.3) is 0 Å². The number of rotatable bonds is 7. The molecule has 1 aliphatic rings. The molecular weight excluding hydrogens is 493 g/mol. The summed E-state index contributed by atoms with van der Waals surface area (Å²) in [6.07, 6.45) is 2.07. The van der Waals surface area contributed by atoms with Crippen molar-refractivity contribution in [2.75, 3.05) is 26.2 Å². The van der Waals surface area contributed by atoms with Gasteiger partial charge in [-0.15, -0.1) is 35.3 Å². The predicted octanol–water partition coefficient (Wildman–Crippen LogP) is 3.92. The third-order valence-corrected chi connectivity index (χ3v) is 6.48. The van der Waals surface area contributed by atoms with Gasteiger partial charge in [-0.2, -0.15) is 0 Å². The maximum atomic E-state index is 4.83. The maximum Gasteiger partial charge on any atom is 0.191 e. The van der Waals surface area contributed by atoms with E-state index in [1.807, 2.05) is 0 Å². The lowest BCUT2D eigenvalue weighted by atomic mass is 9.99. The van der Waals surface area contributed by atoms with E-state index in [2.05, 4.69) is 72.5 Å². The van der Waals surface area contributed by atoms with Crippen LogP contribution in [0, 0.1) is 13.8 Å². The van der Waals surface area contributed by atoms with Crippen LogP contribution in [-0.4, -0.2) is 48.1 Å². The molecule has 0 bridgehead atoms. The van der Waals surface area contributed by atoms with E-state index in [4.69, 9.17) is 4.99 Å². The standard InChI is InChI=1S/C22H33N5S.HI/c1-5-23-22(24-12-10-21-26-17(3)18(4)28-21)25-14-16(2)27-13-11-19-8-6-7-9-20(19)15-27;/h6-9,16H,5,10-15H2,1-4H3,(H2,23,24,25);1H. The van der Waals surface area contributed by atoms with Gasteiger partial charge < -0.3 is 10.6 Å². The Morgan fingerprint density at radius 1 is 1.24 bits per heavy atom. The van der Waals surface area contributed by atoms with Crippen LogP contribution < -0.4 is 10.6 Å². The highest BCUT2D eigenvalue weighted by Gasteiger charge is 2.20. The lowest BCUT2D eigenvalue weighted by molar-refractivity contribution is 0.195. The van der Waals surface area contributed by atoms with Crippen molar-refractivity contribution in [3.63, 3.8) is 0 Å². The normalized spacial score (nSPS) is 15.4. The summed E-state index contributed by atoms with van der Waals surface area (Å²) in [5.41, 5.74) is 4.11. The highest BCUT2D eigenvalue weighted by atomic mass is 127. The minimum absolute atomic E-state index is 0. The summed E-state index contributed by atoms with van der Waals surface area (Å²) in [6, 6.07) is 9.22. The number of hydrogen-bond acceptors (Lipinski definition) is 4. The first-order valence-electron chi connectivity index (χ1n) is 10.3. The van der Waals surface area contributed by atoms with E-state index < -0.39 is 0 Å². The number of nitrogens with zero attached hydrogens (tertiary/aromatic N) is 3. The Balaban J connectivity index is 0.00000300. The van der Waals surface area contributed by atoms with Crippen LogP contribution in [0.5, 0.6) is 0 Å². The van der Waals surface area contributed by atoms with E-state index >= 15 is 0 Å². The van der Waals surface area contributed by atoms with Crippen molar-refractivity contribution in [3.8, 4) is 0 Å². The highest BCUT2D eigenvalue weighted by molar-refractivity contribution is 14.0. The van der Waals surface area contributed by atoms with E-state index in [9.17, 15) is 0 Å². The summed E-state index contributed by atoms with van der Waals surface area (Å²) < 4.78 is 0. The van der Waals surface area contributed by atoms with Gasteiger partial charge in [0.2, 0.25) is 0 Å². The van der Waals surface area contributed by atoms with Crippen molar-refractivity contribution in [3.05, 3.63) is 51.0 Å². The van der Waals surface area contributed by atoms with Crippen LogP contribution in [0.4, 0.5) is 0 Å². The molecule has 1 aromatic carbocycles. The topological polar surface area (TPSA) is 52.6 Å². The molecule has 160 valence electrons. The molecule has 29 heavy (non-hydrogen) atoms. The van der Waals surface area contributed by atoms with E-state index in [1.165, 1.54) is 21.0 Å².